The van der Waals surface area contributed by atoms with Gasteiger partial charge in [-0.15, -0.1) is 0 Å². The van der Waals surface area contributed by atoms with Crippen LogP contribution >= 0.6 is 0 Å². The Morgan fingerprint density at radius 3 is 2.26 bits per heavy atom. The zero-order valence-electron chi connectivity index (χ0n) is 19.1. The molecular formula is C27H26N2O5. The number of aromatic hydroxyl groups is 1. The van der Waals surface area contributed by atoms with Crippen molar-refractivity contribution in [2.45, 2.75) is 24.9 Å². The molecule has 2 aliphatic heterocycles. The number of anilines is 1. The summed E-state index contributed by atoms with van der Waals surface area (Å²) in [5, 5.41) is 10.8. The minimum atomic E-state index is -0.640. The first-order valence-electron chi connectivity index (χ1n) is 11.2. The lowest BCUT2D eigenvalue weighted by Gasteiger charge is -2.40. The summed E-state index contributed by atoms with van der Waals surface area (Å²) in [6.45, 7) is 0.549. The minimum Gasteiger partial charge on any atom is -0.508 e. The molecule has 0 aliphatic carbocycles. The number of ether oxygens (including phenoxy) is 2. The van der Waals surface area contributed by atoms with Crippen LogP contribution in [0.2, 0.25) is 0 Å². The monoisotopic (exact) mass is 458 g/mol. The minimum absolute atomic E-state index is 0.0838. The molecule has 3 aromatic carbocycles. The first-order valence-corrected chi connectivity index (χ1v) is 11.2. The molecule has 0 spiro atoms. The lowest BCUT2D eigenvalue weighted by atomic mass is 9.86. The maximum atomic E-state index is 13.6. The fraction of sp³-hybridized carbons (Fsp3) is 0.259. The summed E-state index contributed by atoms with van der Waals surface area (Å²) in [6.07, 6.45) is 0.754. The Labute approximate surface area is 198 Å². The molecule has 174 valence electrons. The number of hydrogen-bond donors (Lipinski definition) is 1. The van der Waals surface area contributed by atoms with Gasteiger partial charge in [0.15, 0.2) is 11.5 Å². The molecule has 7 nitrogen and oxygen atoms in total. The van der Waals surface area contributed by atoms with Crippen LogP contribution in [0.5, 0.6) is 17.2 Å². The van der Waals surface area contributed by atoms with Gasteiger partial charge in [-0.05, 0) is 47.9 Å². The van der Waals surface area contributed by atoms with Crippen LogP contribution in [0.15, 0.2) is 66.7 Å². The average molecular weight is 459 g/mol. The number of carbonyl (C=O) groups is 2. The predicted octanol–water partition coefficient (Wildman–Crippen LogP) is 3.69. The van der Waals surface area contributed by atoms with Gasteiger partial charge in [-0.1, -0.05) is 36.4 Å². The van der Waals surface area contributed by atoms with Crippen LogP contribution in [0.3, 0.4) is 0 Å². The summed E-state index contributed by atoms with van der Waals surface area (Å²) in [4.78, 5) is 29.8. The first-order chi connectivity index (χ1) is 16.5. The van der Waals surface area contributed by atoms with Crippen molar-refractivity contribution in [3.05, 3.63) is 83.4 Å². The zero-order chi connectivity index (χ0) is 23.8. The summed E-state index contributed by atoms with van der Waals surface area (Å²) >= 11 is 0. The van der Waals surface area contributed by atoms with Gasteiger partial charge in [0.25, 0.3) is 5.91 Å². The number of para-hydroxylation sites is 2. The third-order valence-electron chi connectivity index (χ3n) is 6.68. The normalized spacial score (nSPS) is 20.4. The fourth-order valence-corrected chi connectivity index (χ4v) is 5.09. The highest BCUT2D eigenvalue weighted by atomic mass is 16.5. The largest absolute Gasteiger partial charge is 0.508 e. The molecule has 3 aromatic rings. The molecule has 7 heteroatoms. The fourth-order valence-electron chi connectivity index (χ4n) is 5.09. The van der Waals surface area contributed by atoms with Crippen molar-refractivity contribution < 1.29 is 24.2 Å². The molecule has 0 radical (unpaired) electrons. The molecule has 5 rings (SSSR count). The van der Waals surface area contributed by atoms with E-state index in [2.05, 4.69) is 0 Å². The molecular weight excluding hydrogens is 432 g/mol. The quantitative estimate of drug-likeness (QED) is 0.588. The summed E-state index contributed by atoms with van der Waals surface area (Å²) in [5.74, 6) is 0.865. The van der Waals surface area contributed by atoms with E-state index in [-0.39, 0.29) is 24.0 Å². The molecule has 2 heterocycles. The van der Waals surface area contributed by atoms with E-state index in [1.807, 2.05) is 47.4 Å². The van der Waals surface area contributed by atoms with Crippen LogP contribution in [-0.2, 0) is 16.0 Å². The van der Waals surface area contributed by atoms with Crippen LogP contribution in [0.25, 0.3) is 0 Å². The van der Waals surface area contributed by atoms with Gasteiger partial charge in [-0.2, -0.15) is 0 Å². The average Bonchev–Trinajstić information content (AvgIpc) is 3.16. The van der Waals surface area contributed by atoms with Crippen molar-refractivity contribution in [1.82, 2.24) is 4.90 Å². The molecule has 0 bridgehead atoms. The number of methoxy groups -OCH3 is 2. The number of rotatable bonds is 5. The third kappa shape index (κ3) is 3.58. The Hall–Kier alpha value is -3.84. The smallest absolute Gasteiger partial charge is 0.251 e. The number of benzene rings is 3. The van der Waals surface area contributed by atoms with E-state index in [9.17, 15) is 14.7 Å². The van der Waals surface area contributed by atoms with E-state index in [0.717, 1.165) is 11.1 Å². The highest BCUT2D eigenvalue weighted by Crippen LogP contribution is 2.45. The number of hydrogen-bond acceptors (Lipinski definition) is 6. The van der Waals surface area contributed by atoms with Gasteiger partial charge >= 0.3 is 0 Å². The number of carbonyl (C=O) groups excluding carboxylic acids is 2. The van der Waals surface area contributed by atoms with Crippen LogP contribution in [0, 0.1) is 0 Å². The molecule has 0 aromatic heterocycles. The molecule has 0 unspecified atom stereocenters. The van der Waals surface area contributed by atoms with Crippen molar-refractivity contribution in [3.8, 4) is 17.2 Å². The number of phenols is 1. The standard InChI is InChI=1S/C27H26N2O5/c1-33-23-14-17-12-13-28(21-16-25(31)29(27(21)32)18-8-4-3-5-9-18)26(20(17)15-24(23)34-2)19-10-6-7-11-22(19)30/h3-11,14-15,21,26,30H,12-13,16H2,1-2H3/t21-,26-/m0/s1. The van der Waals surface area contributed by atoms with Gasteiger partial charge in [0.1, 0.15) is 5.75 Å². The second kappa shape index (κ2) is 8.83. The number of phenolic OH excluding ortho intramolecular Hbond substituents is 1. The van der Waals surface area contributed by atoms with Crippen LogP contribution in [0.4, 0.5) is 5.69 Å². The SMILES string of the molecule is COc1cc2c(cc1OC)[C@H](c1ccccc1O)N([C@H]1CC(=O)N(c3ccccc3)C1=O)CC2. The first kappa shape index (κ1) is 22.0. The van der Waals surface area contributed by atoms with Crippen LogP contribution in [0.1, 0.15) is 29.2 Å². The number of nitrogens with zero attached hydrogens (tertiary/aromatic N) is 2. The lowest BCUT2D eigenvalue weighted by Crippen LogP contribution is -2.47. The Morgan fingerprint density at radius 1 is 0.882 bits per heavy atom. The topological polar surface area (TPSA) is 79.3 Å². The maximum absolute atomic E-state index is 13.6. The second-order valence-electron chi connectivity index (χ2n) is 8.48. The number of imide groups is 1. The number of amides is 2. The van der Waals surface area contributed by atoms with Gasteiger partial charge in [0, 0.05) is 12.1 Å². The summed E-state index contributed by atoms with van der Waals surface area (Å²) in [6, 6.07) is 18.9. The Balaban J connectivity index is 1.61. The Morgan fingerprint density at radius 2 is 1.56 bits per heavy atom. The molecule has 1 saturated heterocycles. The predicted molar refractivity (Wildman–Crippen MR) is 127 cm³/mol. The summed E-state index contributed by atoms with van der Waals surface area (Å²) < 4.78 is 11.0. The maximum Gasteiger partial charge on any atom is 0.251 e. The van der Waals surface area contributed by atoms with E-state index < -0.39 is 12.1 Å². The molecule has 2 atom stereocenters. The zero-order valence-corrected chi connectivity index (χ0v) is 19.1. The van der Waals surface area contributed by atoms with Crippen molar-refractivity contribution in [1.29, 1.82) is 0 Å². The third-order valence-corrected chi connectivity index (χ3v) is 6.68. The summed E-state index contributed by atoms with van der Waals surface area (Å²) in [5.41, 5.74) is 3.22. The van der Waals surface area contributed by atoms with E-state index >= 15 is 0 Å². The van der Waals surface area contributed by atoms with Crippen LogP contribution < -0.4 is 14.4 Å². The summed E-state index contributed by atoms with van der Waals surface area (Å²) in [7, 11) is 3.18. The number of fused-ring (bicyclic) bond motifs is 1. The van der Waals surface area contributed by atoms with Crippen LogP contribution in [-0.4, -0.2) is 48.6 Å². The molecule has 1 fully saturated rings. The Kier molecular flexibility index (Phi) is 5.71. The molecule has 2 amide bonds. The molecule has 0 saturated carbocycles. The van der Waals surface area contributed by atoms with Gasteiger partial charge in [0.05, 0.1) is 38.4 Å². The van der Waals surface area contributed by atoms with Crippen molar-refractivity contribution in [2.75, 3.05) is 25.7 Å². The van der Waals surface area contributed by atoms with Crippen molar-refractivity contribution in [2.24, 2.45) is 0 Å². The van der Waals surface area contributed by atoms with Gasteiger partial charge in [0.2, 0.25) is 5.91 Å². The van der Waals surface area contributed by atoms with Crippen molar-refractivity contribution >= 4 is 17.5 Å². The lowest BCUT2D eigenvalue weighted by molar-refractivity contribution is -0.123. The molecule has 34 heavy (non-hydrogen) atoms. The van der Waals surface area contributed by atoms with Gasteiger partial charge in [-0.3, -0.25) is 14.5 Å². The highest BCUT2D eigenvalue weighted by Gasteiger charge is 2.47. The molecule has 1 N–H and O–H groups in total. The van der Waals surface area contributed by atoms with Gasteiger partial charge in [-0.25, -0.2) is 4.90 Å². The Bertz CT molecular complexity index is 1240. The van der Waals surface area contributed by atoms with E-state index in [1.54, 1.807) is 38.5 Å². The second-order valence-corrected chi connectivity index (χ2v) is 8.48. The van der Waals surface area contributed by atoms with Gasteiger partial charge < -0.3 is 14.6 Å². The van der Waals surface area contributed by atoms with E-state index in [4.69, 9.17) is 9.47 Å². The van der Waals surface area contributed by atoms with Crippen molar-refractivity contribution in [3.63, 3.8) is 0 Å². The molecule has 2 aliphatic rings. The van der Waals surface area contributed by atoms with E-state index in [1.165, 1.54) is 4.90 Å². The highest BCUT2D eigenvalue weighted by molar-refractivity contribution is 6.22. The van der Waals surface area contributed by atoms with E-state index in [0.29, 0.717) is 35.7 Å².